The van der Waals surface area contributed by atoms with E-state index < -0.39 is 23.7 Å². The first-order chi connectivity index (χ1) is 9.11. The number of hydrogen-bond donors (Lipinski definition) is 3. The van der Waals surface area contributed by atoms with Crippen LogP contribution in [0, 0.1) is 5.92 Å². The van der Waals surface area contributed by atoms with Gasteiger partial charge in [-0.05, 0) is 46.1 Å². The lowest BCUT2D eigenvalue weighted by Gasteiger charge is -2.20. The van der Waals surface area contributed by atoms with Crippen molar-refractivity contribution >= 4 is 12.1 Å². The topological polar surface area (TPSA) is 87.7 Å². The summed E-state index contributed by atoms with van der Waals surface area (Å²) in [7, 11) is 0. The van der Waals surface area contributed by atoms with E-state index in [1.165, 1.54) is 0 Å². The number of nitrogens with one attached hydrogen (secondary N) is 2. The number of carbonyl (C=O) groups is 2. The molecule has 118 valence electrons. The van der Waals surface area contributed by atoms with Crippen LogP contribution in [-0.2, 0) is 9.53 Å². The van der Waals surface area contributed by atoms with Crippen LogP contribution in [0.25, 0.3) is 0 Å². The van der Waals surface area contributed by atoms with Crippen LogP contribution in [0.5, 0.6) is 0 Å². The molecule has 0 aromatic heterocycles. The van der Waals surface area contributed by atoms with E-state index in [0.717, 1.165) is 0 Å². The fourth-order valence-corrected chi connectivity index (χ4v) is 1.61. The van der Waals surface area contributed by atoms with Crippen LogP contribution in [0.2, 0.25) is 0 Å². The normalized spacial score (nSPS) is 13.1. The van der Waals surface area contributed by atoms with Gasteiger partial charge in [-0.25, -0.2) is 4.79 Å². The van der Waals surface area contributed by atoms with Gasteiger partial charge in [-0.2, -0.15) is 0 Å². The summed E-state index contributed by atoms with van der Waals surface area (Å²) in [5.74, 6) is -0.512. The lowest BCUT2D eigenvalue weighted by atomic mass is 10.0. The van der Waals surface area contributed by atoms with Crippen molar-refractivity contribution in [3.63, 3.8) is 0 Å². The van der Waals surface area contributed by atoms with Gasteiger partial charge in [0.05, 0.1) is 0 Å². The highest BCUT2D eigenvalue weighted by atomic mass is 16.6. The summed E-state index contributed by atoms with van der Waals surface area (Å²) in [5, 5.41) is 14.7. The Hall–Kier alpha value is -1.30. The second-order valence-electron chi connectivity index (χ2n) is 6.26. The highest BCUT2D eigenvalue weighted by Gasteiger charge is 2.18. The summed E-state index contributed by atoms with van der Waals surface area (Å²) >= 11 is 0. The van der Waals surface area contributed by atoms with Gasteiger partial charge in [0.15, 0.2) is 0 Å². The highest BCUT2D eigenvalue weighted by molar-refractivity contribution is 5.73. The minimum absolute atomic E-state index is 0.323. The minimum atomic E-state index is -0.834. The summed E-state index contributed by atoms with van der Waals surface area (Å²) in [4.78, 5) is 22.4. The van der Waals surface area contributed by atoms with E-state index in [1.807, 2.05) is 13.8 Å². The molecule has 0 aromatic carbocycles. The van der Waals surface area contributed by atoms with E-state index >= 15 is 0 Å². The minimum Gasteiger partial charge on any atom is -0.480 e. The first-order valence-corrected chi connectivity index (χ1v) is 7.05. The third-order valence-electron chi connectivity index (χ3n) is 2.42. The van der Waals surface area contributed by atoms with E-state index in [1.54, 1.807) is 20.8 Å². The van der Waals surface area contributed by atoms with Crippen molar-refractivity contribution in [2.24, 2.45) is 5.92 Å². The van der Waals surface area contributed by atoms with E-state index in [4.69, 9.17) is 9.84 Å². The molecule has 0 unspecified atom stereocenters. The molecular weight excluding hydrogens is 260 g/mol. The summed E-state index contributed by atoms with van der Waals surface area (Å²) in [5.41, 5.74) is -0.506. The van der Waals surface area contributed by atoms with Crippen molar-refractivity contribution in [3.8, 4) is 0 Å². The molecule has 20 heavy (non-hydrogen) atoms. The molecule has 0 radical (unpaired) electrons. The molecule has 6 nitrogen and oxygen atoms in total. The number of hydrogen-bond acceptors (Lipinski definition) is 4. The summed E-state index contributed by atoms with van der Waals surface area (Å²) < 4.78 is 5.09. The van der Waals surface area contributed by atoms with Crippen LogP contribution in [0.15, 0.2) is 0 Å². The average Bonchev–Trinajstić information content (AvgIpc) is 2.23. The number of alkyl carbamates (subject to hydrolysis) is 1. The maximum Gasteiger partial charge on any atom is 0.407 e. The molecule has 1 atom stereocenters. The monoisotopic (exact) mass is 288 g/mol. The van der Waals surface area contributed by atoms with Gasteiger partial charge >= 0.3 is 12.1 Å². The molecule has 0 spiro atoms. The summed E-state index contributed by atoms with van der Waals surface area (Å²) in [6.45, 7) is 10.4. The van der Waals surface area contributed by atoms with Crippen molar-refractivity contribution in [3.05, 3.63) is 0 Å². The fraction of sp³-hybridized carbons (Fsp3) is 0.857. The molecule has 0 fully saturated rings. The Labute approximate surface area is 121 Å². The number of carboxylic acid groups (broad SMARTS) is 1. The van der Waals surface area contributed by atoms with Gasteiger partial charge in [0.2, 0.25) is 0 Å². The second-order valence-corrected chi connectivity index (χ2v) is 6.26. The summed E-state index contributed by atoms with van der Waals surface area (Å²) in [6, 6.07) is -0.531. The predicted molar refractivity (Wildman–Crippen MR) is 77.7 cm³/mol. The number of amides is 1. The van der Waals surface area contributed by atoms with Gasteiger partial charge < -0.3 is 20.5 Å². The van der Waals surface area contributed by atoms with E-state index in [9.17, 15) is 9.59 Å². The number of aliphatic carboxylic acids is 1. The van der Waals surface area contributed by atoms with Crippen molar-refractivity contribution in [2.75, 3.05) is 13.1 Å². The zero-order chi connectivity index (χ0) is 15.8. The second kappa shape index (κ2) is 8.79. The van der Waals surface area contributed by atoms with Gasteiger partial charge in [-0.1, -0.05) is 13.8 Å². The van der Waals surface area contributed by atoms with Gasteiger partial charge in [0.1, 0.15) is 11.6 Å². The standard InChI is InChI=1S/C14H28N2O4/c1-10(2)9-11(12(17)18)15-7-6-8-16-13(19)20-14(3,4)5/h10-11,15H,6-9H2,1-5H3,(H,16,19)(H,17,18)/t11-/m0/s1. The van der Waals surface area contributed by atoms with Gasteiger partial charge in [0, 0.05) is 6.54 Å². The first kappa shape index (κ1) is 18.7. The maximum atomic E-state index is 11.4. The predicted octanol–water partition coefficient (Wildman–Crippen LogP) is 1.99. The quantitative estimate of drug-likeness (QED) is 0.594. The maximum absolute atomic E-state index is 11.4. The molecule has 0 aliphatic heterocycles. The van der Waals surface area contributed by atoms with Crippen LogP contribution >= 0.6 is 0 Å². The zero-order valence-corrected chi connectivity index (χ0v) is 13.2. The molecule has 0 bridgehead atoms. The smallest absolute Gasteiger partial charge is 0.407 e. The SMILES string of the molecule is CC(C)C[C@H](NCCCNC(=O)OC(C)(C)C)C(=O)O. The fourth-order valence-electron chi connectivity index (χ4n) is 1.61. The van der Waals surface area contributed by atoms with Crippen molar-refractivity contribution in [1.82, 2.24) is 10.6 Å². The van der Waals surface area contributed by atoms with Gasteiger partial charge in [-0.3, -0.25) is 4.79 Å². The van der Waals surface area contributed by atoms with Crippen LogP contribution in [0.1, 0.15) is 47.5 Å². The lowest BCUT2D eigenvalue weighted by Crippen LogP contribution is -2.39. The largest absolute Gasteiger partial charge is 0.480 e. The molecule has 0 aliphatic carbocycles. The summed E-state index contributed by atoms with van der Waals surface area (Å²) in [6.07, 6.45) is 0.796. The molecule has 0 saturated carbocycles. The first-order valence-electron chi connectivity index (χ1n) is 7.05. The highest BCUT2D eigenvalue weighted by Crippen LogP contribution is 2.06. The number of ether oxygens (including phenoxy) is 1. The Bertz CT molecular complexity index is 311. The Morgan fingerprint density at radius 3 is 2.25 bits per heavy atom. The number of rotatable bonds is 8. The Kier molecular flexibility index (Phi) is 8.22. The Morgan fingerprint density at radius 1 is 1.20 bits per heavy atom. The molecule has 0 rings (SSSR count). The van der Waals surface area contributed by atoms with Crippen LogP contribution in [0.4, 0.5) is 4.79 Å². The van der Waals surface area contributed by atoms with Crippen molar-refractivity contribution in [1.29, 1.82) is 0 Å². The molecular formula is C14H28N2O4. The average molecular weight is 288 g/mol. The number of carbonyl (C=O) groups excluding carboxylic acids is 1. The van der Waals surface area contributed by atoms with Crippen LogP contribution < -0.4 is 10.6 Å². The van der Waals surface area contributed by atoms with E-state index in [0.29, 0.717) is 31.8 Å². The number of carboxylic acids is 1. The van der Waals surface area contributed by atoms with Crippen LogP contribution in [0.3, 0.4) is 0 Å². The molecule has 0 aliphatic rings. The van der Waals surface area contributed by atoms with Crippen molar-refractivity contribution < 1.29 is 19.4 Å². The third-order valence-corrected chi connectivity index (χ3v) is 2.42. The molecule has 0 heterocycles. The zero-order valence-electron chi connectivity index (χ0n) is 13.2. The molecule has 0 saturated heterocycles. The van der Waals surface area contributed by atoms with E-state index in [-0.39, 0.29) is 0 Å². The van der Waals surface area contributed by atoms with Crippen LogP contribution in [-0.4, -0.2) is 41.9 Å². The molecule has 1 amide bonds. The molecule has 3 N–H and O–H groups in total. The van der Waals surface area contributed by atoms with Gasteiger partial charge in [0.25, 0.3) is 0 Å². The van der Waals surface area contributed by atoms with Crippen molar-refractivity contribution in [2.45, 2.75) is 59.1 Å². The lowest BCUT2D eigenvalue weighted by molar-refractivity contribution is -0.139. The molecule has 0 aromatic rings. The Morgan fingerprint density at radius 2 is 1.80 bits per heavy atom. The third kappa shape index (κ3) is 10.6. The van der Waals surface area contributed by atoms with Gasteiger partial charge in [-0.15, -0.1) is 0 Å². The van der Waals surface area contributed by atoms with E-state index in [2.05, 4.69) is 10.6 Å². The Balaban J connectivity index is 3.79. The molecule has 6 heteroatoms.